The molecule has 1 amide bonds. The Bertz CT molecular complexity index is 971. The molecular weight excluding hydrogens is 348 g/mol. The van der Waals surface area contributed by atoms with Gasteiger partial charge in [-0.3, -0.25) is 19.6 Å². The predicted molar refractivity (Wildman–Crippen MR) is 100 cm³/mol. The second-order valence-electron chi connectivity index (χ2n) is 6.86. The number of imidazole rings is 1. The number of hydrogen-bond acceptors (Lipinski definition) is 5. The van der Waals surface area contributed by atoms with Crippen LogP contribution in [0.15, 0.2) is 24.3 Å². The van der Waals surface area contributed by atoms with Crippen molar-refractivity contribution in [2.45, 2.75) is 40.3 Å². The summed E-state index contributed by atoms with van der Waals surface area (Å²) in [7, 11) is 0. The van der Waals surface area contributed by atoms with Gasteiger partial charge in [-0.1, -0.05) is 26.0 Å². The number of benzene rings is 1. The number of rotatable bonds is 6. The molecule has 0 saturated heterocycles. The zero-order valence-electron chi connectivity index (χ0n) is 15.7. The van der Waals surface area contributed by atoms with E-state index in [2.05, 4.69) is 20.4 Å². The maximum absolute atomic E-state index is 12.6. The summed E-state index contributed by atoms with van der Waals surface area (Å²) in [5.74, 6) is 0.498. The lowest BCUT2D eigenvalue weighted by Crippen LogP contribution is -2.35. The van der Waals surface area contributed by atoms with Gasteiger partial charge in [-0.25, -0.2) is 4.98 Å². The number of nitrogens with one attached hydrogen (secondary N) is 2. The molecule has 2 heterocycles. The normalized spacial score (nSPS) is 12.5. The fourth-order valence-corrected chi connectivity index (χ4v) is 3.13. The molecule has 2 aromatic heterocycles. The zero-order chi connectivity index (χ0) is 19.7. The van der Waals surface area contributed by atoms with Crippen molar-refractivity contribution in [2.75, 3.05) is 0 Å². The third-order valence-corrected chi connectivity index (χ3v) is 4.50. The molecule has 3 rings (SSSR count). The maximum Gasteiger partial charge on any atom is 0.312 e. The lowest BCUT2D eigenvalue weighted by molar-refractivity contribution is -0.386. The molecule has 0 unspecified atom stereocenters. The van der Waals surface area contributed by atoms with E-state index in [1.54, 1.807) is 13.8 Å². The van der Waals surface area contributed by atoms with Gasteiger partial charge < -0.3 is 10.3 Å². The van der Waals surface area contributed by atoms with Crippen molar-refractivity contribution in [3.63, 3.8) is 0 Å². The van der Waals surface area contributed by atoms with Crippen LogP contribution >= 0.6 is 0 Å². The fraction of sp³-hybridized carbons (Fsp3) is 0.389. The van der Waals surface area contributed by atoms with Crippen LogP contribution < -0.4 is 5.32 Å². The summed E-state index contributed by atoms with van der Waals surface area (Å²) >= 11 is 0. The third-order valence-electron chi connectivity index (χ3n) is 4.50. The predicted octanol–water partition coefficient (Wildman–Crippen LogP) is 2.80. The monoisotopic (exact) mass is 370 g/mol. The molecule has 0 aliphatic carbocycles. The highest BCUT2D eigenvalue weighted by atomic mass is 16.6. The summed E-state index contributed by atoms with van der Waals surface area (Å²) < 4.78 is 1.36. The van der Waals surface area contributed by atoms with Gasteiger partial charge in [0.15, 0.2) is 0 Å². The number of nitrogens with zero attached hydrogens (tertiary/aromatic N) is 4. The molecule has 0 spiro atoms. The van der Waals surface area contributed by atoms with Crippen LogP contribution in [-0.2, 0) is 11.3 Å². The summed E-state index contributed by atoms with van der Waals surface area (Å²) in [5.41, 5.74) is 2.34. The highest BCUT2D eigenvalue weighted by molar-refractivity contribution is 5.77. The Labute approximate surface area is 155 Å². The summed E-state index contributed by atoms with van der Waals surface area (Å²) in [5, 5.41) is 18.2. The molecule has 0 fully saturated rings. The van der Waals surface area contributed by atoms with Gasteiger partial charge in [0.25, 0.3) is 0 Å². The van der Waals surface area contributed by atoms with Crippen molar-refractivity contribution >= 4 is 22.6 Å². The largest absolute Gasteiger partial charge is 0.344 e. The number of H-pyrrole nitrogens is 1. The first-order valence-electron chi connectivity index (χ1n) is 8.70. The van der Waals surface area contributed by atoms with Crippen LogP contribution in [0.3, 0.4) is 0 Å². The lowest BCUT2D eigenvalue weighted by atomic mass is 10.0. The summed E-state index contributed by atoms with van der Waals surface area (Å²) in [6.45, 7) is 7.04. The van der Waals surface area contributed by atoms with E-state index in [1.807, 2.05) is 38.1 Å². The SMILES string of the molecule is Cc1nn(CC(=O)N[C@@H](c2nc3ccccc3[nH]2)C(C)C)c(C)c1[N+](=O)[O-]. The number of carbonyl (C=O) groups excluding carboxylic acids is 1. The van der Waals surface area contributed by atoms with Gasteiger partial charge in [0.05, 0.1) is 22.0 Å². The van der Waals surface area contributed by atoms with Crippen molar-refractivity contribution < 1.29 is 9.72 Å². The lowest BCUT2D eigenvalue weighted by Gasteiger charge is -2.20. The number of carbonyl (C=O) groups is 1. The molecule has 9 heteroatoms. The van der Waals surface area contributed by atoms with E-state index < -0.39 is 4.92 Å². The summed E-state index contributed by atoms with van der Waals surface area (Å²) in [4.78, 5) is 31.0. The third kappa shape index (κ3) is 3.67. The van der Waals surface area contributed by atoms with Crippen LogP contribution in [0.4, 0.5) is 5.69 Å². The van der Waals surface area contributed by atoms with Crippen LogP contribution in [0.5, 0.6) is 0 Å². The number of nitro groups is 1. The second-order valence-corrected chi connectivity index (χ2v) is 6.86. The smallest absolute Gasteiger partial charge is 0.312 e. The number of aryl methyl sites for hydroxylation is 1. The molecule has 9 nitrogen and oxygen atoms in total. The van der Waals surface area contributed by atoms with E-state index in [1.165, 1.54) is 4.68 Å². The van der Waals surface area contributed by atoms with E-state index in [0.717, 1.165) is 11.0 Å². The number of para-hydroxylation sites is 2. The molecule has 2 N–H and O–H groups in total. The van der Waals surface area contributed by atoms with Crippen LogP contribution in [0.2, 0.25) is 0 Å². The number of fused-ring (bicyclic) bond motifs is 1. The first kappa shape index (κ1) is 18.6. The highest BCUT2D eigenvalue weighted by Crippen LogP contribution is 2.23. The van der Waals surface area contributed by atoms with Crippen LogP contribution in [0.25, 0.3) is 11.0 Å². The first-order chi connectivity index (χ1) is 12.8. The number of aromatic nitrogens is 4. The molecule has 0 aliphatic rings. The van der Waals surface area contributed by atoms with E-state index in [9.17, 15) is 14.9 Å². The van der Waals surface area contributed by atoms with Gasteiger partial charge in [0.2, 0.25) is 5.91 Å². The van der Waals surface area contributed by atoms with Crippen molar-refractivity contribution in [1.82, 2.24) is 25.1 Å². The van der Waals surface area contributed by atoms with Gasteiger partial charge in [-0.2, -0.15) is 5.10 Å². The van der Waals surface area contributed by atoms with Crippen molar-refractivity contribution in [2.24, 2.45) is 5.92 Å². The second kappa shape index (κ2) is 7.18. The Hall–Kier alpha value is -3.23. The summed E-state index contributed by atoms with van der Waals surface area (Å²) in [6, 6.07) is 7.36. The van der Waals surface area contributed by atoms with Gasteiger partial charge in [-0.15, -0.1) is 0 Å². The van der Waals surface area contributed by atoms with E-state index in [4.69, 9.17) is 0 Å². The average Bonchev–Trinajstić information content (AvgIpc) is 3.13. The van der Waals surface area contributed by atoms with Gasteiger partial charge in [-0.05, 0) is 31.9 Å². The Balaban J connectivity index is 1.80. The van der Waals surface area contributed by atoms with Crippen LogP contribution in [0.1, 0.15) is 37.1 Å². The quantitative estimate of drug-likeness (QED) is 0.511. The first-order valence-corrected chi connectivity index (χ1v) is 8.70. The van der Waals surface area contributed by atoms with Gasteiger partial charge >= 0.3 is 5.69 Å². The number of amides is 1. The molecule has 3 aromatic rings. The van der Waals surface area contributed by atoms with E-state index >= 15 is 0 Å². The summed E-state index contributed by atoms with van der Waals surface area (Å²) in [6.07, 6.45) is 0. The molecule has 0 radical (unpaired) electrons. The maximum atomic E-state index is 12.6. The molecule has 0 bridgehead atoms. The van der Waals surface area contributed by atoms with Crippen molar-refractivity contribution in [3.8, 4) is 0 Å². The molecule has 0 aliphatic heterocycles. The Morgan fingerprint density at radius 1 is 1.33 bits per heavy atom. The number of aromatic amines is 1. The topological polar surface area (TPSA) is 119 Å². The minimum atomic E-state index is -0.475. The molecule has 1 atom stereocenters. The van der Waals surface area contributed by atoms with Gasteiger partial charge in [0.1, 0.15) is 23.8 Å². The highest BCUT2D eigenvalue weighted by Gasteiger charge is 2.25. The molecule has 27 heavy (non-hydrogen) atoms. The van der Waals surface area contributed by atoms with Crippen LogP contribution in [-0.4, -0.2) is 30.6 Å². The van der Waals surface area contributed by atoms with Gasteiger partial charge in [0, 0.05) is 0 Å². The van der Waals surface area contributed by atoms with E-state index in [-0.39, 0.29) is 30.1 Å². The number of hydrogen-bond donors (Lipinski definition) is 2. The Morgan fingerprint density at radius 3 is 2.63 bits per heavy atom. The minimum Gasteiger partial charge on any atom is -0.344 e. The molecule has 0 saturated carbocycles. The van der Waals surface area contributed by atoms with Crippen LogP contribution in [0, 0.1) is 29.9 Å². The Kier molecular flexibility index (Phi) is 4.93. The molecule has 142 valence electrons. The van der Waals surface area contributed by atoms with Crippen molar-refractivity contribution in [1.29, 1.82) is 0 Å². The minimum absolute atomic E-state index is 0.0551. The Morgan fingerprint density at radius 2 is 2.04 bits per heavy atom. The average molecular weight is 370 g/mol. The fourth-order valence-electron chi connectivity index (χ4n) is 3.13. The van der Waals surface area contributed by atoms with E-state index in [0.29, 0.717) is 17.2 Å². The molecular formula is C18H22N6O3. The van der Waals surface area contributed by atoms with Crippen molar-refractivity contribution in [3.05, 3.63) is 51.6 Å². The standard InChI is InChI=1S/C18H22N6O3/c1-10(2)16(18-19-13-7-5-6-8-14(13)20-18)21-15(25)9-23-12(4)17(24(26)27)11(3)22-23/h5-8,10,16H,9H2,1-4H3,(H,19,20)(H,21,25)/t16-/m1/s1. The zero-order valence-corrected chi connectivity index (χ0v) is 15.7. The molecule has 1 aromatic carbocycles.